The third kappa shape index (κ3) is 2.77. The van der Waals surface area contributed by atoms with Crippen LogP contribution < -0.4 is 0 Å². The molecule has 1 aliphatic carbocycles. The second-order valence-corrected chi connectivity index (χ2v) is 4.77. The van der Waals surface area contributed by atoms with Crippen LogP contribution in [-0.4, -0.2) is 48.2 Å². The van der Waals surface area contributed by atoms with Crippen LogP contribution in [0.3, 0.4) is 0 Å². The molecule has 1 aliphatic heterocycles. The molecule has 2 aliphatic rings. The Morgan fingerprint density at radius 2 is 1.65 bits per heavy atom. The number of carboxylic acids is 1. The second-order valence-electron chi connectivity index (χ2n) is 4.77. The van der Waals surface area contributed by atoms with Gasteiger partial charge in [0.05, 0.1) is 25.0 Å². The van der Waals surface area contributed by atoms with Crippen molar-refractivity contribution in [1.29, 1.82) is 0 Å². The maximum Gasteiger partial charge on any atom is 0.307 e. The number of hydrogen-bond donors (Lipinski definition) is 1. The van der Waals surface area contributed by atoms with E-state index in [0.29, 0.717) is 39.1 Å². The van der Waals surface area contributed by atoms with E-state index in [1.807, 2.05) is 0 Å². The lowest BCUT2D eigenvalue weighted by molar-refractivity contribution is -0.154. The first-order valence-electron chi connectivity index (χ1n) is 6.29. The zero-order valence-corrected chi connectivity index (χ0v) is 9.93. The zero-order chi connectivity index (χ0) is 12.3. The summed E-state index contributed by atoms with van der Waals surface area (Å²) < 4.78 is 5.20. The predicted molar refractivity (Wildman–Crippen MR) is 60.5 cm³/mol. The maximum absolute atomic E-state index is 12.3. The van der Waals surface area contributed by atoms with Crippen molar-refractivity contribution in [3.63, 3.8) is 0 Å². The molecule has 0 aromatic heterocycles. The minimum atomic E-state index is -0.823. The van der Waals surface area contributed by atoms with Crippen LogP contribution in [0.2, 0.25) is 0 Å². The molecule has 0 unspecified atom stereocenters. The lowest BCUT2D eigenvalue weighted by atomic mass is 9.78. The summed E-state index contributed by atoms with van der Waals surface area (Å²) in [6.45, 7) is 2.33. The fourth-order valence-corrected chi connectivity index (χ4v) is 2.74. The summed E-state index contributed by atoms with van der Waals surface area (Å²) in [6, 6.07) is 0. The number of hydrogen-bond acceptors (Lipinski definition) is 3. The number of amides is 1. The van der Waals surface area contributed by atoms with E-state index in [0.717, 1.165) is 12.8 Å². The molecule has 2 rings (SSSR count). The second kappa shape index (κ2) is 5.49. The zero-order valence-electron chi connectivity index (χ0n) is 9.93. The van der Waals surface area contributed by atoms with Gasteiger partial charge in [-0.15, -0.1) is 0 Å². The summed E-state index contributed by atoms with van der Waals surface area (Å²) in [5.74, 6) is -1.62. The fraction of sp³-hybridized carbons (Fsp3) is 0.833. The summed E-state index contributed by atoms with van der Waals surface area (Å²) in [7, 11) is 0. The van der Waals surface area contributed by atoms with Gasteiger partial charge in [0, 0.05) is 13.1 Å². The molecule has 1 amide bonds. The lowest BCUT2D eigenvalue weighted by Gasteiger charge is -2.34. The van der Waals surface area contributed by atoms with E-state index in [4.69, 9.17) is 9.84 Å². The standard InChI is InChI=1S/C12H19NO4/c14-11(13-5-7-17-8-6-13)9-3-1-2-4-10(9)12(15)16/h9-10H,1-8H2,(H,15,16)/t9-,10-/m1/s1. The van der Waals surface area contributed by atoms with Crippen LogP contribution in [0, 0.1) is 11.8 Å². The molecule has 96 valence electrons. The average molecular weight is 241 g/mol. The number of rotatable bonds is 2. The van der Waals surface area contributed by atoms with Crippen LogP contribution in [0.5, 0.6) is 0 Å². The first kappa shape index (κ1) is 12.4. The van der Waals surface area contributed by atoms with Gasteiger partial charge in [-0.25, -0.2) is 0 Å². The van der Waals surface area contributed by atoms with Gasteiger partial charge in [0.2, 0.25) is 5.91 Å². The molecule has 0 spiro atoms. The van der Waals surface area contributed by atoms with E-state index in [-0.39, 0.29) is 11.8 Å². The highest BCUT2D eigenvalue weighted by Crippen LogP contribution is 2.31. The van der Waals surface area contributed by atoms with Gasteiger partial charge in [-0.2, -0.15) is 0 Å². The molecule has 1 heterocycles. The van der Waals surface area contributed by atoms with E-state index < -0.39 is 11.9 Å². The molecular formula is C12H19NO4. The molecule has 2 fully saturated rings. The molecule has 0 radical (unpaired) electrons. The van der Waals surface area contributed by atoms with Gasteiger partial charge >= 0.3 is 5.97 Å². The van der Waals surface area contributed by atoms with E-state index in [2.05, 4.69) is 0 Å². The van der Waals surface area contributed by atoms with Crippen LogP contribution in [-0.2, 0) is 14.3 Å². The van der Waals surface area contributed by atoms with Gasteiger partial charge in [0.25, 0.3) is 0 Å². The van der Waals surface area contributed by atoms with Gasteiger partial charge in [-0.1, -0.05) is 12.8 Å². The topological polar surface area (TPSA) is 66.8 Å². The quantitative estimate of drug-likeness (QED) is 0.774. The van der Waals surface area contributed by atoms with Crippen LogP contribution >= 0.6 is 0 Å². The van der Waals surface area contributed by atoms with Gasteiger partial charge in [0.15, 0.2) is 0 Å². The summed E-state index contributed by atoms with van der Waals surface area (Å²) >= 11 is 0. The number of aliphatic carboxylic acids is 1. The van der Waals surface area contributed by atoms with Gasteiger partial charge in [-0.05, 0) is 12.8 Å². The molecule has 17 heavy (non-hydrogen) atoms. The van der Waals surface area contributed by atoms with Gasteiger partial charge < -0.3 is 14.7 Å². The monoisotopic (exact) mass is 241 g/mol. The predicted octanol–water partition coefficient (Wildman–Crippen LogP) is 0.736. The molecule has 0 aromatic rings. The van der Waals surface area contributed by atoms with Crippen molar-refractivity contribution < 1.29 is 19.4 Å². The van der Waals surface area contributed by atoms with Crippen molar-refractivity contribution in [3.05, 3.63) is 0 Å². The summed E-state index contributed by atoms with van der Waals surface area (Å²) in [4.78, 5) is 25.2. The Hall–Kier alpha value is -1.10. The number of carbonyl (C=O) groups excluding carboxylic acids is 1. The number of nitrogens with zero attached hydrogens (tertiary/aromatic N) is 1. The molecule has 1 saturated carbocycles. The van der Waals surface area contributed by atoms with Crippen LogP contribution in [0.25, 0.3) is 0 Å². The third-order valence-electron chi connectivity index (χ3n) is 3.72. The van der Waals surface area contributed by atoms with Crippen molar-refractivity contribution in [3.8, 4) is 0 Å². The maximum atomic E-state index is 12.3. The SMILES string of the molecule is O=C(O)[C@@H]1CCCC[C@H]1C(=O)N1CCOCC1. The molecule has 5 nitrogen and oxygen atoms in total. The Morgan fingerprint density at radius 3 is 2.24 bits per heavy atom. The largest absolute Gasteiger partial charge is 0.481 e. The molecular weight excluding hydrogens is 222 g/mol. The highest BCUT2D eigenvalue weighted by atomic mass is 16.5. The molecule has 5 heteroatoms. The van der Waals surface area contributed by atoms with E-state index in [1.54, 1.807) is 4.90 Å². The smallest absolute Gasteiger partial charge is 0.307 e. The molecule has 0 aromatic carbocycles. The summed E-state index contributed by atoms with van der Waals surface area (Å²) in [6.07, 6.45) is 3.23. The Labute approximate surface area is 101 Å². The normalized spacial score (nSPS) is 30.0. The van der Waals surface area contributed by atoms with E-state index in [9.17, 15) is 9.59 Å². The summed E-state index contributed by atoms with van der Waals surface area (Å²) in [5.41, 5.74) is 0. The highest BCUT2D eigenvalue weighted by Gasteiger charge is 2.38. The number of carboxylic acid groups (broad SMARTS) is 1. The Morgan fingerprint density at radius 1 is 1.06 bits per heavy atom. The van der Waals surface area contributed by atoms with E-state index >= 15 is 0 Å². The van der Waals surface area contributed by atoms with Crippen molar-refractivity contribution in [2.45, 2.75) is 25.7 Å². The first-order chi connectivity index (χ1) is 8.20. The Kier molecular flexibility index (Phi) is 3.99. The molecule has 1 N–H and O–H groups in total. The van der Waals surface area contributed by atoms with Crippen molar-refractivity contribution in [2.24, 2.45) is 11.8 Å². The number of morpholine rings is 1. The summed E-state index contributed by atoms with van der Waals surface area (Å²) in [5, 5.41) is 9.16. The van der Waals surface area contributed by atoms with Gasteiger partial charge in [0.1, 0.15) is 0 Å². The van der Waals surface area contributed by atoms with Gasteiger partial charge in [-0.3, -0.25) is 9.59 Å². The highest BCUT2D eigenvalue weighted by molar-refractivity contribution is 5.85. The van der Waals surface area contributed by atoms with Crippen LogP contribution in [0.1, 0.15) is 25.7 Å². The Balaban J connectivity index is 2.02. The minimum Gasteiger partial charge on any atom is -0.481 e. The number of carbonyl (C=O) groups is 2. The third-order valence-corrected chi connectivity index (χ3v) is 3.72. The average Bonchev–Trinajstić information content (AvgIpc) is 2.39. The minimum absolute atomic E-state index is 0.0143. The van der Waals surface area contributed by atoms with Crippen molar-refractivity contribution >= 4 is 11.9 Å². The van der Waals surface area contributed by atoms with E-state index in [1.165, 1.54) is 0 Å². The molecule has 1 saturated heterocycles. The Bertz CT molecular complexity index is 299. The number of ether oxygens (including phenoxy) is 1. The lowest BCUT2D eigenvalue weighted by Crippen LogP contribution is -2.47. The molecule has 0 bridgehead atoms. The molecule has 2 atom stereocenters. The first-order valence-corrected chi connectivity index (χ1v) is 6.29. The van der Waals surface area contributed by atoms with Crippen LogP contribution in [0.15, 0.2) is 0 Å². The van der Waals surface area contributed by atoms with Crippen molar-refractivity contribution in [2.75, 3.05) is 26.3 Å². The van der Waals surface area contributed by atoms with Crippen LogP contribution in [0.4, 0.5) is 0 Å². The fourth-order valence-electron chi connectivity index (χ4n) is 2.74. The van der Waals surface area contributed by atoms with Crippen molar-refractivity contribution in [1.82, 2.24) is 4.90 Å².